The third kappa shape index (κ3) is 5.43. The van der Waals surface area contributed by atoms with Crippen LogP contribution in [0.4, 0.5) is 0 Å². The Kier molecular flexibility index (Phi) is 9.94. The molecule has 7 nitrogen and oxygen atoms in total. The number of thioether (sulfide) groups is 1. The lowest BCUT2D eigenvalue weighted by molar-refractivity contribution is 0.328. The van der Waals surface area contributed by atoms with E-state index >= 15 is 0 Å². The maximum Gasteiger partial charge on any atom is 0.354 e. The lowest BCUT2D eigenvalue weighted by Gasteiger charge is -2.36. The summed E-state index contributed by atoms with van der Waals surface area (Å²) in [4.78, 5) is 41.0. The number of rotatable bonds is 11. The molecule has 0 aliphatic heterocycles. The zero-order chi connectivity index (χ0) is 24.4. The highest BCUT2D eigenvalue weighted by molar-refractivity contribution is 8.13. The summed E-state index contributed by atoms with van der Waals surface area (Å²) >= 11 is 0.661. The molecule has 1 aromatic rings. The van der Waals surface area contributed by atoms with Gasteiger partial charge in [-0.1, -0.05) is 60.2 Å². The molecular formula is C21H38O7P2S. The predicted molar refractivity (Wildman–Crippen MR) is 128 cm³/mol. The topological polar surface area (TPSA) is 124 Å². The van der Waals surface area contributed by atoms with E-state index in [4.69, 9.17) is 4.74 Å². The second kappa shape index (κ2) is 10.7. The van der Waals surface area contributed by atoms with Crippen molar-refractivity contribution < 1.29 is 33.4 Å². The van der Waals surface area contributed by atoms with Crippen LogP contribution in [0.25, 0.3) is 0 Å². The standard InChI is InChI=1S/C21H38O7P2S/c1-9-15-17(13(5)6)19(28-12-4)18(14(7)8)16(10-2)20(15)31-21(11-3,29(22,23)24)30(25,26)27/h13-14H,9-12H2,1-8H3,(H2,22,23,24)(H2,25,26,27). The van der Waals surface area contributed by atoms with Crippen molar-refractivity contribution in [3.63, 3.8) is 0 Å². The Morgan fingerprint density at radius 1 is 0.839 bits per heavy atom. The number of benzene rings is 1. The van der Waals surface area contributed by atoms with Gasteiger partial charge in [-0.3, -0.25) is 9.13 Å². The first-order chi connectivity index (χ1) is 14.1. The van der Waals surface area contributed by atoms with Crippen LogP contribution in [0.5, 0.6) is 5.75 Å². The van der Waals surface area contributed by atoms with Gasteiger partial charge in [-0.15, -0.1) is 0 Å². The Hall–Kier alpha value is -0.330. The maximum atomic E-state index is 12.5. The first-order valence-corrected chi connectivity index (χ1v) is 14.8. The van der Waals surface area contributed by atoms with Gasteiger partial charge in [0, 0.05) is 16.0 Å². The van der Waals surface area contributed by atoms with Crippen molar-refractivity contribution >= 4 is 27.0 Å². The summed E-state index contributed by atoms with van der Waals surface area (Å²) in [6.07, 6.45) is 0.715. The molecule has 10 heteroatoms. The van der Waals surface area contributed by atoms with Gasteiger partial charge < -0.3 is 24.3 Å². The molecule has 0 fully saturated rings. The highest BCUT2D eigenvalue weighted by Gasteiger charge is 2.60. The fourth-order valence-corrected chi connectivity index (χ4v) is 9.04. The summed E-state index contributed by atoms with van der Waals surface area (Å²) in [7, 11) is -10.4. The third-order valence-electron chi connectivity index (χ3n) is 5.47. The van der Waals surface area contributed by atoms with E-state index in [0.717, 1.165) is 28.0 Å². The molecule has 0 aliphatic rings. The van der Waals surface area contributed by atoms with Crippen LogP contribution in [0.2, 0.25) is 0 Å². The lowest BCUT2D eigenvalue weighted by Crippen LogP contribution is -2.25. The van der Waals surface area contributed by atoms with Crippen LogP contribution < -0.4 is 4.74 Å². The van der Waals surface area contributed by atoms with Crippen LogP contribution in [0.1, 0.15) is 95.9 Å². The lowest BCUT2D eigenvalue weighted by atomic mass is 9.84. The minimum absolute atomic E-state index is 0.0559. The van der Waals surface area contributed by atoms with E-state index in [2.05, 4.69) is 0 Å². The summed E-state index contributed by atoms with van der Waals surface area (Å²) in [6, 6.07) is 0. The number of hydrogen-bond acceptors (Lipinski definition) is 4. The number of ether oxygens (including phenoxy) is 1. The molecule has 0 heterocycles. The molecule has 31 heavy (non-hydrogen) atoms. The highest BCUT2D eigenvalue weighted by Crippen LogP contribution is 2.77. The molecule has 0 saturated heterocycles. The van der Waals surface area contributed by atoms with Crippen molar-refractivity contribution in [1.29, 1.82) is 0 Å². The Bertz CT molecular complexity index is 812. The fourth-order valence-electron chi connectivity index (χ4n) is 4.13. The SMILES string of the molecule is CCOc1c(C(C)C)c(CC)c(SC(CC)(P(=O)(O)O)P(=O)(O)O)c(CC)c1C(C)C. The van der Waals surface area contributed by atoms with Gasteiger partial charge in [0.25, 0.3) is 0 Å². The average molecular weight is 497 g/mol. The molecule has 0 saturated carbocycles. The minimum Gasteiger partial charge on any atom is -0.493 e. The van der Waals surface area contributed by atoms with Crippen molar-refractivity contribution in [2.45, 2.75) is 95.6 Å². The Morgan fingerprint density at radius 2 is 1.23 bits per heavy atom. The van der Waals surface area contributed by atoms with Gasteiger partial charge in [-0.2, -0.15) is 0 Å². The largest absolute Gasteiger partial charge is 0.493 e. The molecule has 0 amide bonds. The molecule has 4 N–H and O–H groups in total. The summed E-state index contributed by atoms with van der Waals surface area (Å²) < 4.78 is 28.6. The van der Waals surface area contributed by atoms with Crippen LogP contribution in [-0.2, 0) is 22.0 Å². The van der Waals surface area contributed by atoms with E-state index in [-0.39, 0.29) is 18.3 Å². The second-order valence-electron chi connectivity index (χ2n) is 8.18. The summed E-state index contributed by atoms with van der Waals surface area (Å²) in [5, 5.41) is 0. The Morgan fingerprint density at radius 3 is 1.45 bits per heavy atom. The molecule has 0 aromatic heterocycles. The molecule has 0 aliphatic carbocycles. The van der Waals surface area contributed by atoms with Crippen LogP contribution in [0.3, 0.4) is 0 Å². The van der Waals surface area contributed by atoms with E-state index in [0.29, 0.717) is 36.1 Å². The van der Waals surface area contributed by atoms with E-state index in [1.165, 1.54) is 6.92 Å². The normalized spacial score (nSPS) is 13.4. The molecule has 0 spiro atoms. The minimum atomic E-state index is -5.19. The van der Waals surface area contributed by atoms with Gasteiger partial charge in [0.2, 0.25) is 4.23 Å². The summed E-state index contributed by atoms with van der Waals surface area (Å²) in [5.74, 6) is 0.904. The quantitative estimate of drug-likeness (QED) is 0.218. The van der Waals surface area contributed by atoms with Crippen LogP contribution in [-0.4, -0.2) is 30.4 Å². The van der Waals surface area contributed by atoms with E-state index in [1.54, 1.807) is 0 Å². The van der Waals surface area contributed by atoms with Gasteiger partial charge in [0.05, 0.1) is 6.61 Å². The first kappa shape index (κ1) is 28.7. The molecule has 1 aromatic carbocycles. The third-order valence-corrected chi connectivity index (χ3v) is 12.8. The van der Waals surface area contributed by atoms with Crippen molar-refractivity contribution in [3.8, 4) is 5.75 Å². The van der Waals surface area contributed by atoms with Crippen molar-refractivity contribution in [1.82, 2.24) is 0 Å². The predicted octanol–water partition coefficient (Wildman–Crippen LogP) is 5.97. The van der Waals surface area contributed by atoms with Crippen LogP contribution in [0.15, 0.2) is 4.90 Å². The average Bonchev–Trinajstić information content (AvgIpc) is 2.62. The molecule has 0 radical (unpaired) electrons. The van der Waals surface area contributed by atoms with Gasteiger partial charge in [-0.25, -0.2) is 0 Å². The number of hydrogen-bond donors (Lipinski definition) is 4. The van der Waals surface area contributed by atoms with Gasteiger partial charge in [0.15, 0.2) is 0 Å². The van der Waals surface area contributed by atoms with E-state index in [9.17, 15) is 28.7 Å². The fraction of sp³-hybridized carbons (Fsp3) is 0.714. The Balaban J connectivity index is 4.22. The maximum absolute atomic E-state index is 12.5. The van der Waals surface area contributed by atoms with Gasteiger partial charge >= 0.3 is 15.2 Å². The summed E-state index contributed by atoms with van der Waals surface area (Å²) in [5.41, 5.74) is 3.55. The van der Waals surface area contributed by atoms with Gasteiger partial charge in [-0.05, 0) is 49.1 Å². The van der Waals surface area contributed by atoms with Crippen LogP contribution >= 0.6 is 27.0 Å². The first-order valence-electron chi connectivity index (χ1n) is 10.8. The van der Waals surface area contributed by atoms with Crippen molar-refractivity contribution in [2.24, 2.45) is 0 Å². The molecule has 1 rings (SSSR count). The van der Waals surface area contributed by atoms with Crippen molar-refractivity contribution in [3.05, 3.63) is 22.3 Å². The van der Waals surface area contributed by atoms with E-state index < -0.39 is 19.4 Å². The molecule has 0 atom stereocenters. The summed E-state index contributed by atoms with van der Waals surface area (Å²) in [6.45, 7) is 15.8. The monoisotopic (exact) mass is 496 g/mol. The molecule has 0 unspecified atom stereocenters. The molecule has 180 valence electrons. The zero-order valence-electron chi connectivity index (χ0n) is 19.8. The second-order valence-corrected chi connectivity index (χ2v) is 14.1. The molecule has 0 bridgehead atoms. The van der Waals surface area contributed by atoms with Gasteiger partial charge in [0.1, 0.15) is 5.75 Å². The van der Waals surface area contributed by atoms with Crippen LogP contribution in [0, 0.1) is 0 Å². The smallest absolute Gasteiger partial charge is 0.354 e. The zero-order valence-corrected chi connectivity index (χ0v) is 22.4. The Labute approximate surface area is 190 Å². The van der Waals surface area contributed by atoms with Crippen molar-refractivity contribution in [2.75, 3.05) is 6.61 Å². The highest BCUT2D eigenvalue weighted by atomic mass is 32.2. The van der Waals surface area contributed by atoms with E-state index in [1.807, 2.05) is 48.5 Å². The molecular weight excluding hydrogens is 458 g/mol.